The van der Waals surface area contributed by atoms with Gasteiger partial charge in [-0.3, -0.25) is 5.43 Å². The molecule has 17 heavy (non-hydrogen) atoms. The van der Waals surface area contributed by atoms with Gasteiger partial charge in [0.1, 0.15) is 11.6 Å². The summed E-state index contributed by atoms with van der Waals surface area (Å²) in [5.74, 6) is 7.23. The average molecular weight is 233 g/mol. The summed E-state index contributed by atoms with van der Waals surface area (Å²) >= 11 is 0. The van der Waals surface area contributed by atoms with E-state index in [1.54, 1.807) is 6.26 Å². The zero-order valence-electron chi connectivity index (χ0n) is 9.77. The molecule has 2 heterocycles. The van der Waals surface area contributed by atoms with Crippen LogP contribution in [-0.2, 0) is 0 Å². The van der Waals surface area contributed by atoms with Gasteiger partial charge in [0.15, 0.2) is 0 Å². The SMILES string of the molecule is Cc1cc(NC(C)c2ccco2)nc(NN)n1. The van der Waals surface area contributed by atoms with Crippen LogP contribution in [0.3, 0.4) is 0 Å². The molecule has 1 unspecified atom stereocenters. The Morgan fingerprint density at radius 1 is 1.41 bits per heavy atom. The Balaban J connectivity index is 2.15. The van der Waals surface area contributed by atoms with E-state index in [4.69, 9.17) is 10.3 Å². The van der Waals surface area contributed by atoms with Crippen LogP contribution < -0.4 is 16.6 Å². The lowest BCUT2D eigenvalue weighted by Gasteiger charge is -2.13. The third-order valence-corrected chi connectivity index (χ3v) is 2.32. The Kier molecular flexibility index (Phi) is 3.24. The van der Waals surface area contributed by atoms with Crippen LogP contribution in [-0.4, -0.2) is 9.97 Å². The van der Waals surface area contributed by atoms with Gasteiger partial charge in [0.05, 0.1) is 12.3 Å². The van der Waals surface area contributed by atoms with E-state index in [1.165, 1.54) is 0 Å². The highest BCUT2D eigenvalue weighted by atomic mass is 16.3. The number of nitrogens with two attached hydrogens (primary N) is 1. The van der Waals surface area contributed by atoms with E-state index in [0.717, 1.165) is 11.5 Å². The molecule has 0 fully saturated rings. The molecule has 6 nitrogen and oxygen atoms in total. The van der Waals surface area contributed by atoms with Crippen molar-refractivity contribution >= 4 is 11.8 Å². The molecule has 0 saturated heterocycles. The van der Waals surface area contributed by atoms with Crippen LogP contribution in [0.5, 0.6) is 0 Å². The van der Waals surface area contributed by atoms with Gasteiger partial charge < -0.3 is 9.73 Å². The van der Waals surface area contributed by atoms with E-state index in [9.17, 15) is 0 Å². The summed E-state index contributed by atoms with van der Waals surface area (Å²) in [7, 11) is 0. The van der Waals surface area contributed by atoms with Crippen LogP contribution >= 0.6 is 0 Å². The maximum atomic E-state index is 5.31. The van der Waals surface area contributed by atoms with Gasteiger partial charge in [-0.1, -0.05) is 0 Å². The summed E-state index contributed by atoms with van der Waals surface area (Å²) in [6.07, 6.45) is 1.64. The molecular formula is C11H15N5O. The van der Waals surface area contributed by atoms with Crippen molar-refractivity contribution in [3.63, 3.8) is 0 Å². The van der Waals surface area contributed by atoms with Gasteiger partial charge >= 0.3 is 0 Å². The van der Waals surface area contributed by atoms with Gasteiger partial charge in [0.2, 0.25) is 5.95 Å². The zero-order chi connectivity index (χ0) is 12.3. The first-order chi connectivity index (χ1) is 8.19. The van der Waals surface area contributed by atoms with Crippen LogP contribution in [0.25, 0.3) is 0 Å². The van der Waals surface area contributed by atoms with Crippen LogP contribution in [0.2, 0.25) is 0 Å². The molecule has 0 spiro atoms. The number of anilines is 2. The normalized spacial score (nSPS) is 12.2. The highest BCUT2D eigenvalue weighted by molar-refractivity contribution is 5.42. The molecule has 0 radical (unpaired) electrons. The van der Waals surface area contributed by atoms with Crippen molar-refractivity contribution in [3.8, 4) is 0 Å². The molecule has 2 aromatic heterocycles. The van der Waals surface area contributed by atoms with Crippen molar-refractivity contribution in [1.29, 1.82) is 0 Å². The minimum Gasteiger partial charge on any atom is -0.467 e. The van der Waals surface area contributed by atoms with Gasteiger partial charge in [-0.25, -0.2) is 10.8 Å². The lowest BCUT2D eigenvalue weighted by atomic mass is 10.2. The van der Waals surface area contributed by atoms with Crippen molar-refractivity contribution in [2.75, 3.05) is 10.7 Å². The summed E-state index contributed by atoms with van der Waals surface area (Å²) < 4.78 is 5.31. The first-order valence-electron chi connectivity index (χ1n) is 5.31. The van der Waals surface area contributed by atoms with Crippen LogP contribution in [0.1, 0.15) is 24.4 Å². The second kappa shape index (κ2) is 4.84. The minimum absolute atomic E-state index is 0.0323. The molecule has 0 saturated carbocycles. The maximum Gasteiger partial charge on any atom is 0.239 e. The summed E-state index contributed by atoms with van der Waals surface area (Å²) in [4.78, 5) is 8.31. The number of nitrogen functional groups attached to an aromatic ring is 1. The van der Waals surface area contributed by atoms with Gasteiger partial charge in [-0.15, -0.1) is 0 Å². The van der Waals surface area contributed by atoms with Crippen molar-refractivity contribution in [3.05, 3.63) is 35.9 Å². The molecular weight excluding hydrogens is 218 g/mol. The monoisotopic (exact) mass is 233 g/mol. The number of hydrogen-bond acceptors (Lipinski definition) is 6. The first-order valence-corrected chi connectivity index (χ1v) is 5.31. The maximum absolute atomic E-state index is 5.31. The van der Waals surface area contributed by atoms with Gasteiger partial charge in [0, 0.05) is 11.8 Å². The van der Waals surface area contributed by atoms with Crippen LogP contribution in [0.4, 0.5) is 11.8 Å². The Bertz CT molecular complexity index is 483. The fourth-order valence-corrected chi connectivity index (χ4v) is 1.54. The topological polar surface area (TPSA) is 89.0 Å². The largest absolute Gasteiger partial charge is 0.467 e. The van der Waals surface area contributed by atoms with Gasteiger partial charge in [-0.05, 0) is 26.0 Å². The highest BCUT2D eigenvalue weighted by Crippen LogP contribution is 2.19. The average Bonchev–Trinajstić information content (AvgIpc) is 2.81. The lowest BCUT2D eigenvalue weighted by molar-refractivity contribution is 0.490. The smallest absolute Gasteiger partial charge is 0.239 e. The van der Waals surface area contributed by atoms with E-state index in [-0.39, 0.29) is 6.04 Å². The van der Waals surface area contributed by atoms with E-state index in [0.29, 0.717) is 11.8 Å². The molecule has 0 amide bonds. The summed E-state index contributed by atoms with van der Waals surface area (Å²) in [6.45, 7) is 3.87. The standard InChI is InChI=1S/C11H15N5O/c1-7-6-10(15-11(13-7)16-12)14-8(2)9-4-3-5-17-9/h3-6,8H,12H2,1-2H3,(H2,13,14,15,16). The number of aromatic nitrogens is 2. The van der Waals surface area contributed by atoms with Crippen molar-refractivity contribution in [1.82, 2.24) is 9.97 Å². The summed E-state index contributed by atoms with van der Waals surface area (Å²) in [5.41, 5.74) is 3.27. The highest BCUT2D eigenvalue weighted by Gasteiger charge is 2.09. The molecule has 0 aliphatic carbocycles. The lowest BCUT2D eigenvalue weighted by Crippen LogP contribution is -2.13. The quantitative estimate of drug-likeness (QED) is 0.551. The number of furan rings is 1. The van der Waals surface area contributed by atoms with E-state index >= 15 is 0 Å². The molecule has 2 aromatic rings. The number of nitrogens with zero attached hydrogens (tertiary/aromatic N) is 2. The Labute approximate surface area is 99.2 Å². The third kappa shape index (κ3) is 2.73. The number of hydrogen-bond donors (Lipinski definition) is 3. The van der Waals surface area contributed by atoms with E-state index < -0.39 is 0 Å². The summed E-state index contributed by atoms with van der Waals surface area (Å²) in [5, 5.41) is 3.22. The van der Waals surface area contributed by atoms with Crippen molar-refractivity contribution in [2.45, 2.75) is 19.9 Å². The third-order valence-electron chi connectivity index (χ3n) is 2.32. The van der Waals surface area contributed by atoms with Crippen molar-refractivity contribution in [2.24, 2.45) is 5.84 Å². The molecule has 0 aliphatic heterocycles. The second-order valence-electron chi connectivity index (χ2n) is 3.74. The Morgan fingerprint density at radius 3 is 2.88 bits per heavy atom. The number of hydrazine groups is 1. The molecule has 0 aliphatic rings. The predicted octanol–water partition coefficient (Wildman–Crippen LogP) is 1.84. The minimum atomic E-state index is 0.0323. The molecule has 6 heteroatoms. The number of rotatable bonds is 4. The molecule has 0 bridgehead atoms. The Hall–Kier alpha value is -2.08. The first kappa shape index (κ1) is 11.4. The molecule has 4 N–H and O–H groups in total. The van der Waals surface area contributed by atoms with Gasteiger partial charge in [0.25, 0.3) is 0 Å². The molecule has 2 rings (SSSR count). The fraction of sp³-hybridized carbons (Fsp3) is 0.273. The van der Waals surface area contributed by atoms with Crippen LogP contribution in [0.15, 0.2) is 28.9 Å². The van der Waals surface area contributed by atoms with E-state index in [1.807, 2.05) is 32.0 Å². The molecule has 0 aromatic carbocycles. The Morgan fingerprint density at radius 2 is 2.24 bits per heavy atom. The predicted molar refractivity (Wildman–Crippen MR) is 65.3 cm³/mol. The van der Waals surface area contributed by atoms with Gasteiger partial charge in [-0.2, -0.15) is 4.98 Å². The second-order valence-corrected chi connectivity index (χ2v) is 3.74. The summed E-state index contributed by atoms with van der Waals surface area (Å²) in [6, 6.07) is 5.64. The number of nitrogens with one attached hydrogen (secondary N) is 2. The van der Waals surface area contributed by atoms with Crippen LogP contribution in [0, 0.1) is 6.92 Å². The van der Waals surface area contributed by atoms with Crippen molar-refractivity contribution < 1.29 is 4.42 Å². The fourth-order valence-electron chi connectivity index (χ4n) is 1.54. The van der Waals surface area contributed by atoms with E-state index in [2.05, 4.69) is 20.7 Å². The number of aryl methyl sites for hydroxylation is 1. The molecule has 90 valence electrons. The molecule has 1 atom stereocenters. The zero-order valence-corrected chi connectivity index (χ0v) is 9.77.